The van der Waals surface area contributed by atoms with Crippen LogP contribution in [0.2, 0.25) is 0 Å². The standard InChI is InChI=1S/C17H29NO/c1-4-15-9-13(3)11-18(15)16(19)17-7-5-6-14(17)8-12(2)10-17/h12-15H,4-11H2,1-3H3/t12-,13?,14?,15?,17-/m1/s1. The van der Waals surface area contributed by atoms with E-state index in [1.54, 1.807) is 0 Å². The summed E-state index contributed by atoms with van der Waals surface area (Å²) in [5.74, 6) is 2.69. The third-order valence-electron chi connectivity index (χ3n) is 6.14. The Bertz CT molecular complexity index is 366. The van der Waals surface area contributed by atoms with Crippen molar-refractivity contribution in [1.82, 2.24) is 4.90 Å². The first kappa shape index (κ1) is 13.5. The molecule has 0 radical (unpaired) electrons. The third kappa shape index (κ3) is 2.02. The molecule has 3 rings (SSSR count). The summed E-state index contributed by atoms with van der Waals surface area (Å²) in [6.45, 7) is 7.90. The summed E-state index contributed by atoms with van der Waals surface area (Å²) in [5.41, 5.74) is 0.0525. The highest BCUT2D eigenvalue weighted by atomic mass is 16.2. The maximum absolute atomic E-state index is 13.2. The molecule has 108 valence electrons. The number of nitrogens with zero attached hydrogens (tertiary/aromatic N) is 1. The van der Waals surface area contributed by atoms with Crippen LogP contribution in [0.5, 0.6) is 0 Å². The van der Waals surface area contributed by atoms with Gasteiger partial charge in [-0.2, -0.15) is 0 Å². The lowest BCUT2D eigenvalue weighted by atomic mass is 9.78. The molecule has 0 bridgehead atoms. The topological polar surface area (TPSA) is 20.3 Å². The third-order valence-corrected chi connectivity index (χ3v) is 6.14. The summed E-state index contributed by atoms with van der Waals surface area (Å²) >= 11 is 0. The molecule has 3 aliphatic rings. The Morgan fingerprint density at radius 2 is 2.05 bits per heavy atom. The quantitative estimate of drug-likeness (QED) is 0.741. The van der Waals surface area contributed by atoms with E-state index in [0.717, 1.165) is 25.3 Å². The number of hydrogen-bond donors (Lipinski definition) is 0. The lowest BCUT2D eigenvalue weighted by Gasteiger charge is -2.36. The Morgan fingerprint density at radius 1 is 1.26 bits per heavy atom. The highest BCUT2D eigenvalue weighted by Crippen LogP contribution is 2.57. The van der Waals surface area contributed by atoms with E-state index in [4.69, 9.17) is 0 Å². The SMILES string of the molecule is CCC1CC(C)CN1C(=O)[C@@]12CCCC1C[C@@H](C)C2. The second-order valence-corrected chi connectivity index (χ2v) is 7.65. The number of amides is 1. The molecule has 2 aliphatic carbocycles. The summed E-state index contributed by atoms with van der Waals surface area (Å²) in [5, 5.41) is 0. The molecule has 3 unspecified atom stereocenters. The Hall–Kier alpha value is -0.530. The summed E-state index contributed by atoms with van der Waals surface area (Å²) < 4.78 is 0. The van der Waals surface area contributed by atoms with Gasteiger partial charge >= 0.3 is 0 Å². The van der Waals surface area contributed by atoms with Crippen LogP contribution in [-0.2, 0) is 4.79 Å². The lowest BCUT2D eigenvalue weighted by molar-refractivity contribution is -0.144. The molecule has 2 saturated carbocycles. The van der Waals surface area contributed by atoms with Crippen LogP contribution >= 0.6 is 0 Å². The molecule has 0 aromatic heterocycles. The monoisotopic (exact) mass is 263 g/mol. The Kier molecular flexibility index (Phi) is 3.39. The average Bonchev–Trinajstić information content (AvgIpc) is 2.99. The molecule has 2 heteroatoms. The van der Waals surface area contributed by atoms with Crippen LogP contribution in [0.3, 0.4) is 0 Å². The minimum atomic E-state index is 0.0525. The number of carbonyl (C=O) groups excluding carboxylic acids is 1. The molecular formula is C17H29NO. The predicted octanol–water partition coefficient (Wildman–Crippen LogP) is 3.85. The van der Waals surface area contributed by atoms with Crippen molar-refractivity contribution in [3.63, 3.8) is 0 Å². The van der Waals surface area contributed by atoms with Crippen molar-refractivity contribution < 1.29 is 4.79 Å². The normalized spacial score (nSPS) is 45.7. The minimum absolute atomic E-state index is 0.0525. The van der Waals surface area contributed by atoms with Crippen LogP contribution in [-0.4, -0.2) is 23.4 Å². The summed E-state index contributed by atoms with van der Waals surface area (Å²) in [6.07, 6.45) is 8.57. The van der Waals surface area contributed by atoms with Crippen LogP contribution in [0.25, 0.3) is 0 Å². The van der Waals surface area contributed by atoms with Crippen LogP contribution in [0.1, 0.15) is 65.7 Å². The van der Waals surface area contributed by atoms with Crippen LogP contribution in [0, 0.1) is 23.2 Å². The zero-order valence-corrected chi connectivity index (χ0v) is 12.8. The first-order valence-electron chi connectivity index (χ1n) is 8.38. The van der Waals surface area contributed by atoms with Crippen molar-refractivity contribution in [3.8, 4) is 0 Å². The van der Waals surface area contributed by atoms with Gasteiger partial charge in [-0.25, -0.2) is 0 Å². The van der Waals surface area contributed by atoms with Gasteiger partial charge in [0.15, 0.2) is 0 Å². The van der Waals surface area contributed by atoms with Gasteiger partial charge in [0, 0.05) is 12.6 Å². The fraction of sp³-hybridized carbons (Fsp3) is 0.941. The molecule has 19 heavy (non-hydrogen) atoms. The zero-order chi connectivity index (χ0) is 13.6. The van der Waals surface area contributed by atoms with E-state index in [-0.39, 0.29) is 5.41 Å². The van der Waals surface area contributed by atoms with Crippen molar-refractivity contribution in [1.29, 1.82) is 0 Å². The summed E-state index contributed by atoms with van der Waals surface area (Å²) in [4.78, 5) is 15.5. The average molecular weight is 263 g/mol. The number of hydrogen-bond acceptors (Lipinski definition) is 1. The lowest BCUT2D eigenvalue weighted by Crippen LogP contribution is -2.46. The van der Waals surface area contributed by atoms with Gasteiger partial charge in [0.25, 0.3) is 0 Å². The molecule has 0 spiro atoms. The molecule has 0 aromatic rings. The minimum Gasteiger partial charge on any atom is -0.339 e. The van der Waals surface area contributed by atoms with Gasteiger partial charge in [0.05, 0.1) is 5.41 Å². The van der Waals surface area contributed by atoms with E-state index in [1.807, 2.05) is 0 Å². The number of carbonyl (C=O) groups is 1. The van der Waals surface area contributed by atoms with Gasteiger partial charge < -0.3 is 4.90 Å². The van der Waals surface area contributed by atoms with E-state index in [2.05, 4.69) is 25.7 Å². The van der Waals surface area contributed by atoms with Crippen LogP contribution < -0.4 is 0 Å². The highest BCUT2D eigenvalue weighted by molar-refractivity contribution is 5.84. The van der Waals surface area contributed by atoms with Crippen molar-refractivity contribution in [2.75, 3.05) is 6.54 Å². The molecule has 5 atom stereocenters. The maximum Gasteiger partial charge on any atom is 0.229 e. The Labute approximate surface area is 117 Å². The van der Waals surface area contributed by atoms with Gasteiger partial charge in [-0.3, -0.25) is 4.79 Å². The van der Waals surface area contributed by atoms with Crippen molar-refractivity contribution >= 4 is 5.91 Å². The predicted molar refractivity (Wildman–Crippen MR) is 77.7 cm³/mol. The van der Waals surface area contributed by atoms with Crippen LogP contribution in [0.4, 0.5) is 0 Å². The molecule has 1 heterocycles. The molecule has 0 aromatic carbocycles. The fourth-order valence-electron chi connectivity index (χ4n) is 5.39. The number of likely N-dealkylation sites (tertiary alicyclic amines) is 1. The van der Waals surface area contributed by atoms with Crippen molar-refractivity contribution in [2.45, 2.75) is 71.8 Å². The molecule has 2 nitrogen and oxygen atoms in total. The fourth-order valence-corrected chi connectivity index (χ4v) is 5.39. The molecule has 1 amide bonds. The number of rotatable bonds is 2. The van der Waals surface area contributed by atoms with Gasteiger partial charge in [-0.1, -0.05) is 27.2 Å². The largest absolute Gasteiger partial charge is 0.339 e. The Morgan fingerprint density at radius 3 is 2.79 bits per heavy atom. The Balaban J connectivity index is 1.83. The van der Waals surface area contributed by atoms with Gasteiger partial charge in [0.2, 0.25) is 5.91 Å². The van der Waals surface area contributed by atoms with E-state index >= 15 is 0 Å². The van der Waals surface area contributed by atoms with E-state index in [0.29, 0.717) is 23.8 Å². The number of fused-ring (bicyclic) bond motifs is 1. The van der Waals surface area contributed by atoms with E-state index in [1.165, 1.54) is 32.1 Å². The van der Waals surface area contributed by atoms with E-state index in [9.17, 15) is 4.79 Å². The summed E-state index contributed by atoms with van der Waals surface area (Å²) in [6, 6.07) is 0.522. The zero-order valence-electron chi connectivity index (χ0n) is 12.8. The maximum atomic E-state index is 13.2. The molecule has 1 saturated heterocycles. The molecular weight excluding hydrogens is 234 g/mol. The smallest absolute Gasteiger partial charge is 0.229 e. The second-order valence-electron chi connectivity index (χ2n) is 7.65. The summed E-state index contributed by atoms with van der Waals surface area (Å²) in [7, 11) is 0. The molecule has 0 N–H and O–H groups in total. The first-order valence-corrected chi connectivity index (χ1v) is 8.38. The second kappa shape index (κ2) is 4.79. The van der Waals surface area contributed by atoms with Gasteiger partial charge in [-0.05, 0) is 56.3 Å². The van der Waals surface area contributed by atoms with Gasteiger partial charge in [-0.15, -0.1) is 0 Å². The van der Waals surface area contributed by atoms with Crippen LogP contribution in [0.15, 0.2) is 0 Å². The molecule has 1 aliphatic heterocycles. The van der Waals surface area contributed by atoms with Crippen molar-refractivity contribution in [2.24, 2.45) is 23.2 Å². The highest BCUT2D eigenvalue weighted by Gasteiger charge is 2.56. The van der Waals surface area contributed by atoms with E-state index < -0.39 is 0 Å². The first-order chi connectivity index (χ1) is 9.06. The van der Waals surface area contributed by atoms with Crippen molar-refractivity contribution in [3.05, 3.63) is 0 Å². The van der Waals surface area contributed by atoms with Gasteiger partial charge in [0.1, 0.15) is 0 Å². The molecule has 3 fully saturated rings.